The summed E-state index contributed by atoms with van der Waals surface area (Å²) in [6.45, 7) is 6.12. The van der Waals surface area contributed by atoms with E-state index in [1.807, 2.05) is 44.2 Å². The smallest absolute Gasteiger partial charge is 0.338 e. The number of ether oxygens (including phenoxy) is 1. The van der Waals surface area contributed by atoms with Crippen LogP contribution in [0.4, 0.5) is 11.4 Å². The number of nitro groups is 1. The first-order valence-corrected chi connectivity index (χ1v) is 9.38. The van der Waals surface area contributed by atoms with E-state index < -0.39 is 16.8 Å². The molecule has 8 heteroatoms. The van der Waals surface area contributed by atoms with E-state index in [4.69, 9.17) is 4.74 Å². The van der Waals surface area contributed by atoms with Crippen LogP contribution in [0.25, 0.3) is 0 Å². The third-order valence-corrected chi connectivity index (χ3v) is 4.32. The van der Waals surface area contributed by atoms with Crippen molar-refractivity contribution in [3.63, 3.8) is 0 Å². The lowest BCUT2D eigenvalue weighted by atomic mass is 10.0. The highest BCUT2D eigenvalue weighted by Gasteiger charge is 2.20. The van der Waals surface area contributed by atoms with Crippen LogP contribution >= 0.6 is 0 Å². The van der Waals surface area contributed by atoms with Crippen molar-refractivity contribution in [3.8, 4) is 0 Å². The molecule has 0 aliphatic rings. The standard InChI is InChI=1S/C21H25N3O5/c1-4-29-21(26)16-10-15(11-18(12-16)24(27)28)20(25)22-13-19(14(2)3)23-17-8-6-5-7-9-17/h5-12,14,19,23H,4,13H2,1-3H3,(H,22,25). The molecule has 1 amide bonds. The van der Waals surface area contributed by atoms with Gasteiger partial charge in [0.05, 0.1) is 17.1 Å². The summed E-state index contributed by atoms with van der Waals surface area (Å²) in [6.07, 6.45) is 0. The molecular formula is C21H25N3O5. The van der Waals surface area contributed by atoms with Gasteiger partial charge >= 0.3 is 5.97 Å². The topological polar surface area (TPSA) is 111 Å². The molecule has 2 rings (SSSR count). The summed E-state index contributed by atoms with van der Waals surface area (Å²) in [6, 6.07) is 13.1. The van der Waals surface area contributed by atoms with E-state index in [1.165, 1.54) is 6.07 Å². The van der Waals surface area contributed by atoms with Crippen LogP contribution in [0, 0.1) is 16.0 Å². The average molecular weight is 399 g/mol. The Bertz CT molecular complexity index is 868. The maximum atomic E-state index is 12.6. The third-order valence-electron chi connectivity index (χ3n) is 4.32. The number of benzene rings is 2. The van der Waals surface area contributed by atoms with E-state index in [2.05, 4.69) is 10.6 Å². The molecule has 1 unspecified atom stereocenters. The van der Waals surface area contributed by atoms with Gasteiger partial charge in [0, 0.05) is 36.0 Å². The Morgan fingerprint density at radius 2 is 1.76 bits per heavy atom. The molecule has 0 aliphatic heterocycles. The zero-order valence-electron chi connectivity index (χ0n) is 16.7. The lowest BCUT2D eigenvalue weighted by Crippen LogP contribution is -2.39. The molecule has 0 bridgehead atoms. The molecule has 0 saturated carbocycles. The SMILES string of the molecule is CCOC(=O)c1cc(C(=O)NCC(Nc2ccccc2)C(C)C)cc([N+](=O)[O-])c1. The lowest BCUT2D eigenvalue weighted by Gasteiger charge is -2.24. The third kappa shape index (κ3) is 6.31. The molecule has 2 aromatic carbocycles. The zero-order valence-corrected chi connectivity index (χ0v) is 16.7. The number of nitrogens with one attached hydrogen (secondary N) is 2. The molecule has 8 nitrogen and oxygen atoms in total. The van der Waals surface area contributed by atoms with Crippen LogP contribution < -0.4 is 10.6 Å². The summed E-state index contributed by atoms with van der Waals surface area (Å²) in [5, 5.41) is 17.3. The molecule has 29 heavy (non-hydrogen) atoms. The average Bonchev–Trinajstić information content (AvgIpc) is 2.71. The number of para-hydroxylation sites is 1. The summed E-state index contributed by atoms with van der Waals surface area (Å²) in [5.74, 6) is -0.994. The zero-order chi connectivity index (χ0) is 21.4. The fraction of sp³-hybridized carbons (Fsp3) is 0.333. The van der Waals surface area contributed by atoms with Gasteiger partial charge in [-0.15, -0.1) is 0 Å². The summed E-state index contributed by atoms with van der Waals surface area (Å²) in [5.41, 5.74) is 0.586. The van der Waals surface area contributed by atoms with E-state index in [0.717, 1.165) is 17.8 Å². The molecule has 0 aliphatic carbocycles. The minimum Gasteiger partial charge on any atom is -0.462 e. The molecule has 0 fully saturated rings. The number of esters is 1. The van der Waals surface area contributed by atoms with E-state index in [1.54, 1.807) is 6.92 Å². The van der Waals surface area contributed by atoms with Crippen LogP contribution in [0.3, 0.4) is 0 Å². The quantitative estimate of drug-likeness (QED) is 0.378. The monoisotopic (exact) mass is 399 g/mol. The number of nitrogens with zero attached hydrogens (tertiary/aromatic N) is 1. The maximum Gasteiger partial charge on any atom is 0.338 e. The Morgan fingerprint density at radius 1 is 1.10 bits per heavy atom. The van der Waals surface area contributed by atoms with Crippen LogP contribution in [0.1, 0.15) is 41.5 Å². The maximum absolute atomic E-state index is 12.6. The van der Waals surface area contributed by atoms with Crippen molar-refractivity contribution in [2.45, 2.75) is 26.8 Å². The van der Waals surface area contributed by atoms with Gasteiger partial charge in [-0.2, -0.15) is 0 Å². The molecule has 0 aromatic heterocycles. The van der Waals surface area contributed by atoms with E-state index in [0.29, 0.717) is 6.54 Å². The predicted octanol–water partition coefficient (Wildman–Crippen LogP) is 3.64. The fourth-order valence-corrected chi connectivity index (χ4v) is 2.69. The highest BCUT2D eigenvalue weighted by atomic mass is 16.6. The lowest BCUT2D eigenvalue weighted by molar-refractivity contribution is -0.384. The van der Waals surface area contributed by atoms with Crippen molar-refractivity contribution in [2.24, 2.45) is 5.92 Å². The minimum absolute atomic E-state index is 0.0319. The number of anilines is 1. The van der Waals surface area contributed by atoms with Crippen LogP contribution in [0.15, 0.2) is 48.5 Å². The van der Waals surface area contributed by atoms with Crippen molar-refractivity contribution < 1.29 is 19.2 Å². The summed E-state index contributed by atoms with van der Waals surface area (Å²) >= 11 is 0. The molecule has 2 N–H and O–H groups in total. The van der Waals surface area contributed by atoms with Gasteiger partial charge in [-0.25, -0.2) is 4.79 Å². The first-order valence-electron chi connectivity index (χ1n) is 9.38. The van der Waals surface area contributed by atoms with Gasteiger partial charge < -0.3 is 15.4 Å². The van der Waals surface area contributed by atoms with Crippen LogP contribution in [0.5, 0.6) is 0 Å². The Balaban J connectivity index is 2.15. The number of amides is 1. The van der Waals surface area contributed by atoms with Crippen LogP contribution in [0.2, 0.25) is 0 Å². The molecule has 0 saturated heterocycles. The summed E-state index contributed by atoms with van der Waals surface area (Å²) in [7, 11) is 0. The van der Waals surface area contributed by atoms with Gasteiger partial charge in [0.2, 0.25) is 0 Å². The minimum atomic E-state index is -0.712. The highest BCUT2D eigenvalue weighted by Crippen LogP contribution is 2.19. The van der Waals surface area contributed by atoms with Crippen LogP contribution in [-0.2, 0) is 4.74 Å². The van der Waals surface area contributed by atoms with Crippen molar-refractivity contribution in [3.05, 3.63) is 69.8 Å². The number of rotatable bonds is 9. The summed E-state index contributed by atoms with van der Waals surface area (Å²) < 4.78 is 4.89. The number of nitro benzene ring substituents is 1. The second-order valence-corrected chi connectivity index (χ2v) is 6.82. The molecular weight excluding hydrogens is 374 g/mol. The van der Waals surface area contributed by atoms with Crippen molar-refractivity contribution >= 4 is 23.3 Å². The first-order chi connectivity index (χ1) is 13.8. The Labute approximate surface area is 169 Å². The number of hydrogen-bond acceptors (Lipinski definition) is 6. The highest BCUT2D eigenvalue weighted by molar-refractivity contribution is 5.99. The Kier molecular flexibility index (Phi) is 7.70. The number of carbonyl (C=O) groups is 2. The van der Waals surface area contributed by atoms with E-state index >= 15 is 0 Å². The van der Waals surface area contributed by atoms with Gasteiger partial charge in [0.15, 0.2) is 0 Å². The normalized spacial score (nSPS) is 11.6. The largest absolute Gasteiger partial charge is 0.462 e. The fourth-order valence-electron chi connectivity index (χ4n) is 2.69. The van der Waals surface area contributed by atoms with Gasteiger partial charge in [-0.1, -0.05) is 32.0 Å². The molecule has 0 radical (unpaired) electrons. The van der Waals surface area contributed by atoms with Crippen molar-refractivity contribution in [2.75, 3.05) is 18.5 Å². The Morgan fingerprint density at radius 3 is 2.34 bits per heavy atom. The molecule has 0 heterocycles. The number of carbonyl (C=O) groups excluding carboxylic acids is 2. The first kappa shape index (κ1) is 21.9. The second kappa shape index (κ2) is 10.2. The molecule has 2 aromatic rings. The molecule has 1 atom stereocenters. The van der Waals surface area contributed by atoms with Crippen LogP contribution in [-0.4, -0.2) is 36.0 Å². The van der Waals surface area contributed by atoms with E-state index in [-0.39, 0.29) is 35.4 Å². The summed E-state index contributed by atoms with van der Waals surface area (Å²) in [4.78, 5) is 35.1. The molecule has 0 spiro atoms. The van der Waals surface area contributed by atoms with Gasteiger partial charge in [-0.05, 0) is 31.0 Å². The van der Waals surface area contributed by atoms with Crippen molar-refractivity contribution in [1.29, 1.82) is 0 Å². The molecule has 154 valence electrons. The van der Waals surface area contributed by atoms with Gasteiger partial charge in [0.1, 0.15) is 0 Å². The van der Waals surface area contributed by atoms with Crippen molar-refractivity contribution in [1.82, 2.24) is 5.32 Å². The second-order valence-electron chi connectivity index (χ2n) is 6.82. The van der Waals surface area contributed by atoms with E-state index in [9.17, 15) is 19.7 Å². The number of hydrogen-bond donors (Lipinski definition) is 2. The predicted molar refractivity (Wildman–Crippen MR) is 110 cm³/mol. The Hall–Kier alpha value is -3.42. The van der Waals surface area contributed by atoms with Gasteiger partial charge in [0.25, 0.3) is 11.6 Å². The van der Waals surface area contributed by atoms with Gasteiger partial charge in [-0.3, -0.25) is 14.9 Å². The number of non-ortho nitro benzene ring substituents is 1.